The molecular weight excluding hydrogens is 394 g/mol. The highest BCUT2D eigenvalue weighted by atomic mass is 16.2. The summed E-state index contributed by atoms with van der Waals surface area (Å²) in [5.74, 6) is -0.271. The molecule has 3 nitrogen and oxygen atoms in total. The van der Waals surface area contributed by atoms with E-state index in [-0.39, 0.29) is 27.8 Å². The van der Waals surface area contributed by atoms with Crippen molar-refractivity contribution in [1.29, 1.82) is 0 Å². The van der Waals surface area contributed by atoms with Gasteiger partial charge in [0.05, 0.1) is 11.6 Å². The van der Waals surface area contributed by atoms with E-state index < -0.39 is 5.92 Å². The van der Waals surface area contributed by atoms with Crippen LogP contribution in [0.15, 0.2) is 30.5 Å². The number of rotatable bonds is 4. The highest BCUT2D eigenvalue weighted by Crippen LogP contribution is 2.56. The summed E-state index contributed by atoms with van der Waals surface area (Å²) in [5.41, 5.74) is 8.37. The summed E-state index contributed by atoms with van der Waals surface area (Å²) in [6, 6.07) is 9.18. The van der Waals surface area contributed by atoms with Gasteiger partial charge in [-0.15, -0.1) is 0 Å². The maximum atomic E-state index is 12.0. The number of pyridine rings is 1. The van der Waals surface area contributed by atoms with Gasteiger partial charge in [-0.05, 0) is 83.7 Å². The van der Waals surface area contributed by atoms with Crippen LogP contribution in [0.2, 0.25) is 0 Å². The number of hydrogen-bond donors (Lipinski definition) is 0. The molecule has 0 aliphatic heterocycles. The first-order valence-corrected chi connectivity index (χ1v) is 12.2. The minimum atomic E-state index is -0.453. The van der Waals surface area contributed by atoms with Crippen LogP contribution in [0.4, 0.5) is 0 Å². The Balaban J connectivity index is 1.48. The predicted octanol–water partition coefficient (Wildman–Crippen LogP) is 5.91. The van der Waals surface area contributed by atoms with Crippen molar-refractivity contribution in [2.45, 2.75) is 95.8 Å². The molecule has 168 valence electrons. The highest BCUT2D eigenvalue weighted by Gasteiger charge is 2.49. The zero-order valence-corrected chi connectivity index (χ0v) is 20.2. The molecule has 1 heterocycles. The fourth-order valence-corrected chi connectivity index (χ4v) is 6.09. The number of Topliss-reactive ketones (excluding diaryl/α,β-unsaturated/α-hetero) is 2. The summed E-state index contributed by atoms with van der Waals surface area (Å²) < 4.78 is 0. The zero-order valence-electron chi connectivity index (χ0n) is 20.2. The van der Waals surface area contributed by atoms with E-state index in [0.29, 0.717) is 19.3 Å². The van der Waals surface area contributed by atoms with Crippen LogP contribution >= 0.6 is 0 Å². The predicted molar refractivity (Wildman–Crippen MR) is 127 cm³/mol. The Hall–Kier alpha value is -2.29. The van der Waals surface area contributed by atoms with E-state index in [1.54, 1.807) is 0 Å². The number of ketones is 2. The summed E-state index contributed by atoms with van der Waals surface area (Å²) in [5, 5.41) is 0. The van der Waals surface area contributed by atoms with Gasteiger partial charge >= 0.3 is 0 Å². The normalized spacial score (nSPS) is 23.3. The van der Waals surface area contributed by atoms with Gasteiger partial charge < -0.3 is 0 Å². The highest BCUT2D eigenvalue weighted by molar-refractivity contribution is 6.08. The van der Waals surface area contributed by atoms with E-state index in [9.17, 15) is 9.59 Å². The van der Waals surface area contributed by atoms with Crippen LogP contribution in [0, 0.1) is 12.8 Å². The molecule has 32 heavy (non-hydrogen) atoms. The summed E-state index contributed by atoms with van der Waals surface area (Å²) in [7, 11) is 0. The van der Waals surface area contributed by atoms with Gasteiger partial charge in [-0.1, -0.05) is 45.9 Å². The summed E-state index contributed by atoms with van der Waals surface area (Å²) >= 11 is 0. The van der Waals surface area contributed by atoms with E-state index in [2.05, 4.69) is 58.9 Å². The topological polar surface area (TPSA) is 47.0 Å². The first-order chi connectivity index (χ1) is 15.0. The molecule has 0 spiro atoms. The summed E-state index contributed by atoms with van der Waals surface area (Å²) in [6.45, 7) is 11.8. The third-order valence-electron chi connectivity index (χ3n) is 8.61. The minimum Gasteiger partial charge on any atom is -0.299 e. The van der Waals surface area contributed by atoms with E-state index in [1.807, 2.05) is 6.20 Å². The first-order valence-electron chi connectivity index (χ1n) is 12.2. The Labute approximate surface area is 192 Å². The lowest BCUT2D eigenvalue weighted by atomic mass is 9.62. The molecule has 0 bridgehead atoms. The van der Waals surface area contributed by atoms with Crippen molar-refractivity contribution in [2.75, 3.05) is 0 Å². The monoisotopic (exact) mass is 429 g/mol. The van der Waals surface area contributed by atoms with Gasteiger partial charge in [0.15, 0.2) is 0 Å². The molecule has 0 unspecified atom stereocenters. The third-order valence-corrected chi connectivity index (χ3v) is 8.61. The van der Waals surface area contributed by atoms with E-state index >= 15 is 0 Å². The number of aromatic nitrogens is 1. The quantitative estimate of drug-likeness (QED) is 0.568. The fraction of sp³-hybridized carbons (Fsp3) is 0.552. The molecule has 3 heteroatoms. The molecule has 1 aromatic heterocycles. The minimum absolute atomic E-state index is 0.00824. The van der Waals surface area contributed by atoms with E-state index in [0.717, 1.165) is 24.1 Å². The van der Waals surface area contributed by atoms with Crippen LogP contribution in [0.3, 0.4) is 0 Å². The van der Waals surface area contributed by atoms with Crippen LogP contribution < -0.4 is 0 Å². The maximum absolute atomic E-state index is 12.0. The molecule has 2 aromatic rings. The lowest BCUT2D eigenvalue weighted by Crippen LogP contribution is -2.34. The number of nitrogens with zero attached hydrogens (tertiary/aromatic N) is 1. The molecule has 0 atom stereocenters. The number of fused-ring (bicyclic) bond motifs is 1. The lowest BCUT2D eigenvalue weighted by molar-refractivity contribution is -0.127. The van der Waals surface area contributed by atoms with Crippen molar-refractivity contribution < 1.29 is 9.59 Å². The second-order valence-electron chi connectivity index (χ2n) is 11.8. The molecule has 1 aromatic carbocycles. The van der Waals surface area contributed by atoms with Crippen molar-refractivity contribution in [1.82, 2.24) is 4.98 Å². The van der Waals surface area contributed by atoms with Crippen LogP contribution in [0.25, 0.3) is 0 Å². The molecule has 0 saturated heterocycles. The first kappa shape index (κ1) is 21.6. The number of carbonyl (C=O) groups is 2. The fourth-order valence-electron chi connectivity index (χ4n) is 6.09. The Bertz CT molecular complexity index is 1090. The lowest BCUT2D eigenvalue weighted by Gasteiger charge is -2.43. The van der Waals surface area contributed by atoms with Crippen LogP contribution in [-0.2, 0) is 32.3 Å². The van der Waals surface area contributed by atoms with Gasteiger partial charge in [0.25, 0.3) is 0 Å². The van der Waals surface area contributed by atoms with Crippen LogP contribution in [0.5, 0.6) is 0 Å². The smallest absolute Gasteiger partial charge is 0.144 e. The summed E-state index contributed by atoms with van der Waals surface area (Å²) in [4.78, 5) is 28.9. The molecule has 2 fully saturated rings. The molecule has 5 rings (SSSR count). The molecular formula is C29H35NO2. The largest absolute Gasteiger partial charge is 0.299 e. The molecule has 3 aliphatic carbocycles. The second kappa shape index (κ2) is 7.10. The van der Waals surface area contributed by atoms with Crippen molar-refractivity contribution in [2.24, 2.45) is 5.92 Å². The Morgan fingerprint density at radius 3 is 1.97 bits per heavy atom. The second-order valence-corrected chi connectivity index (χ2v) is 11.8. The molecule has 0 radical (unpaired) electrons. The van der Waals surface area contributed by atoms with E-state index in [4.69, 9.17) is 4.98 Å². The van der Waals surface area contributed by atoms with Gasteiger partial charge in [-0.2, -0.15) is 0 Å². The molecule has 0 amide bonds. The number of hydrogen-bond acceptors (Lipinski definition) is 3. The third kappa shape index (κ3) is 3.36. The Morgan fingerprint density at radius 1 is 0.844 bits per heavy atom. The van der Waals surface area contributed by atoms with Crippen molar-refractivity contribution in [3.05, 3.63) is 64.0 Å². The number of carbonyl (C=O) groups excluding carboxylic acids is 2. The van der Waals surface area contributed by atoms with Gasteiger partial charge in [0.2, 0.25) is 0 Å². The molecule has 3 aliphatic rings. The van der Waals surface area contributed by atoms with Gasteiger partial charge in [0, 0.05) is 24.5 Å². The average molecular weight is 430 g/mol. The molecule has 0 N–H and O–H groups in total. The van der Waals surface area contributed by atoms with E-state index in [1.165, 1.54) is 35.1 Å². The van der Waals surface area contributed by atoms with Crippen LogP contribution in [0.1, 0.15) is 99.7 Å². The van der Waals surface area contributed by atoms with Crippen molar-refractivity contribution in [3.63, 3.8) is 0 Å². The standard InChI is InChI=1S/C29H35NO2/c1-18-14-22-23(28(4,5)11-10-27(22,2)3)16-21(18)29(12-13-29)26-9-6-19(17-30-26)15-20-24(31)7-8-25(20)32/h6,9,14,16-17,20H,7-8,10-13,15H2,1-5H3. The van der Waals surface area contributed by atoms with Gasteiger partial charge in [-0.3, -0.25) is 14.6 Å². The Morgan fingerprint density at radius 2 is 1.44 bits per heavy atom. The zero-order chi connectivity index (χ0) is 22.9. The van der Waals surface area contributed by atoms with Crippen LogP contribution in [-0.4, -0.2) is 16.6 Å². The summed E-state index contributed by atoms with van der Waals surface area (Å²) in [6.07, 6.45) is 7.91. The number of benzene rings is 1. The van der Waals surface area contributed by atoms with Crippen molar-refractivity contribution in [3.8, 4) is 0 Å². The molecule has 2 saturated carbocycles. The Kier molecular flexibility index (Phi) is 4.78. The van der Waals surface area contributed by atoms with Crippen molar-refractivity contribution >= 4 is 11.6 Å². The SMILES string of the molecule is Cc1cc2c(cc1C1(c3ccc(CC4C(=O)CCC4=O)cn3)CC1)C(C)(C)CCC2(C)C. The maximum Gasteiger partial charge on any atom is 0.144 e. The van der Waals surface area contributed by atoms with Gasteiger partial charge in [-0.25, -0.2) is 0 Å². The average Bonchev–Trinajstić information content (AvgIpc) is 3.49. The van der Waals surface area contributed by atoms with Gasteiger partial charge in [0.1, 0.15) is 11.6 Å². The number of aryl methyl sites for hydroxylation is 1.